The highest BCUT2D eigenvalue weighted by Crippen LogP contribution is 2.31. The van der Waals surface area contributed by atoms with Crippen LogP contribution in [0.25, 0.3) is 0 Å². The minimum atomic E-state index is 0.0870. The summed E-state index contributed by atoms with van der Waals surface area (Å²) in [6.07, 6.45) is 0.349. The van der Waals surface area contributed by atoms with Gasteiger partial charge in [-0.25, -0.2) is 0 Å². The quantitative estimate of drug-likeness (QED) is 0.848. The number of benzene rings is 1. The van der Waals surface area contributed by atoms with E-state index in [1.807, 2.05) is 6.07 Å². The Labute approximate surface area is 96.3 Å². The second-order valence-electron chi connectivity index (χ2n) is 2.96. The molecule has 0 bridgehead atoms. The van der Waals surface area contributed by atoms with E-state index in [1.54, 1.807) is 13.2 Å². The number of hydrogen-bond acceptors (Lipinski definition) is 2. The molecular weight excluding hydrogens is 267 g/mol. The van der Waals surface area contributed by atoms with Gasteiger partial charge in [-0.3, -0.25) is 4.79 Å². The second kappa shape index (κ2) is 4.80. The van der Waals surface area contributed by atoms with Crippen LogP contribution in [0.4, 0.5) is 0 Å². The predicted octanol–water partition coefficient (Wildman–Crippen LogP) is 3.24. The zero-order valence-corrected chi connectivity index (χ0v) is 10.3. The van der Waals surface area contributed by atoms with Gasteiger partial charge in [0.05, 0.1) is 11.6 Å². The molecular formula is C10H10BrClO2. The molecule has 0 unspecified atom stereocenters. The van der Waals surface area contributed by atoms with Crippen LogP contribution < -0.4 is 4.74 Å². The van der Waals surface area contributed by atoms with Crippen molar-refractivity contribution in [2.24, 2.45) is 0 Å². The van der Waals surface area contributed by atoms with Crippen LogP contribution in [0.3, 0.4) is 0 Å². The van der Waals surface area contributed by atoms with Gasteiger partial charge in [0.2, 0.25) is 0 Å². The van der Waals surface area contributed by atoms with Crippen molar-refractivity contribution in [2.45, 2.75) is 13.3 Å². The number of methoxy groups -OCH3 is 1. The summed E-state index contributed by atoms with van der Waals surface area (Å²) >= 11 is 9.31. The molecule has 0 fully saturated rings. The maximum atomic E-state index is 10.9. The van der Waals surface area contributed by atoms with E-state index in [1.165, 1.54) is 6.92 Å². The van der Waals surface area contributed by atoms with Crippen molar-refractivity contribution in [3.05, 3.63) is 27.2 Å². The van der Waals surface area contributed by atoms with Gasteiger partial charge in [-0.1, -0.05) is 11.6 Å². The first kappa shape index (κ1) is 11.5. The van der Waals surface area contributed by atoms with Crippen molar-refractivity contribution < 1.29 is 9.53 Å². The summed E-state index contributed by atoms with van der Waals surface area (Å²) in [4.78, 5) is 10.9. The standard InChI is InChI=1S/C10H10BrClO2/c1-6(13)3-7-4-8(11)10(14-2)5-9(7)12/h4-5H,3H2,1-2H3. The molecule has 0 N–H and O–H groups in total. The maximum absolute atomic E-state index is 10.9. The topological polar surface area (TPSA) is 26.3 Å². The van der Waals surface area contributed by atoms with E-state index in [0.29, 0.717) is 17.2 Å². The van der Waals surface area contributed by atoms with Crippen LogP contribution in [-0.2, 0) is 11.2 Å². The molecule has 76 valence electrons. The highest BCUT2D eigenvalue weighted by Gasteiger charge is 2.08. The van der Waals surface area contributed by atoms with Gasteiger partial charge in [-0.15, -0.1) is 0 Å². The Hall–Kier alpha value is -0.540. The van der Waals surface area contributed by atoms with Crippen LogP contribution in [-0.4, -0.2) is 12.9 Å². The normalized spacial score (nSPS) is 10.0. The molecule has 0 heterocycles. The van der Waals surface area contributed by atoms with Gasteiger partial charge in [-0.2, -0.15) is 0 Å². The lowest BCUT2D eigenvalue weighted by Crippen LogP contribution is -1.98. The maximum Gasteiger partial charge on any atom is 0.134 e. The summed E-state index contributed by atoms with van der Waals surface area (Å²) in [5.74, 6) is 0.756. The predicted molar refractivity (Wildman–Crippen MR) is 60.1 cm³/mol. The van der Waals surface area contributed by atoms with E-state index in [9.17, 15) is 4.79 Å². The molecule has 0 amide bonds. The van der Waals surface area contributed by atoms with E-state index in [4.69, 9.17) is 16.3 Å². The number of ether oxygens (including phenoxy) is 1. The average Bonchev–Trinajstić information content (AvgIpc) is 2.10. The van der Waals surface area contributed by atoms with Gasteiger partial charge in [0, 0.05) is 17.5 Å². The van der Waals surface area contributed by atoms with Crippen LogP contribution in [0.5, 0.6) is 5.75 Å². The Kier molecular flexibility index (Phi) is 3.96. The van der Waals surface area contributed by atoms with Gasteiger partial charge in [0.1, 0.15) is 11.5 Å². The number of halogens is 2. The summed E-state index contributed by atoms with van der Waals surface area (Å²) in [6, 6.07) is 3.51. The van der Waals surface area contributed by atoms with Gasteiger partial charge >= 0.3 is 0 Å². The number of Topliss-reactive ketones (excluding diaryl/α,β-unsaturated/α-hetero) is 1. The first-order chi connectivity index (χ1) is 6.54. The van der Waals surface area contributed by atoms with E-state index < -0.39 is 0 Å². The Balaban J connectivity index is 3.08. The molecule has 0 saturated heterocycles. The summed E-state index contributed by atoms with van der Waals surface area (Å²) in [6.45, 7) is 1.54. The summed E-state index contributed by atoms with van der Waals surface area (Å²) in [5, 5.41) is 0.556. The highest BCUT2D eigenvalue weighted by atomic mass is 79.9. The van der Waals surface area contributed by atoms with Crippen molar-refractivity contribution in [1.82, 2.24) is 0 Å². The molecule has 2 nitrogen and oxygen atoms in total. The lowest BCUT2D eigenvalue weighted by Gasteiger charge is -2.07. The number of carbonyl (C=O) groups is 1. The fourth-order valence-corrected chi connectivity index (χ4v) is 1.90. The third-order valence-corrected chi connectivity index (χ3v) is 2.73. The second-order valence-corrected chi connectivity index (χ2v) is 4.22. The van der Waals surface area contributed by atoms with Gasteiger partial charge in [0.25, 0.3) is 0 Å². The zero-order valence-electron chi connectivity index (χ0n) is 7.93. The third kappa shape index (κ3) is 2.72. The van der Waals surface area contributed by atoms with Crippen molar-refractivity contribution in [3.8, 4) is 5.75 Å². The summed E-state index contributed by atoms with van der Waals surface area (Å²) in [7, 11) is 1.57. The molecule has 0 aromatic heterocycles. The molecule has 0 aliphatic heterocycles. The lowest BCUT2D eigenvalue weighted by molar-refractivity contribution is -0.116. The molecule has 1 aromatic rings. The number of hydrogen-bond donors (Lipinski definition) is 0. The molecule has 0 radical (unpaired) electrons. The van der Waals surface area contributed by atoms with E-state index in [-0.39, 0.29) is 5.78 Å². The molecule has 4 heteroatoms. The van der Waals surface area contributed by atoms with Gasteiger partial charge < -0.3 is 4.74 Å². The minimum absolute atomic E-state index is 0.0870. The third-order valence-electron chi connectivity index (χ3n) is 1.76. The molecule has 0 atom stereocenters. The number of ketones is 1. The molecule has 1 rings (SSSR count). The zero-order chi connectivity index (χ0) is 10.7. The first-order valence-corrected chi connectivity index (χ1v) is 5.23. The van der Waals surface area contributed by atoms with Crippen molar-refractivity contribution in [3.63, 3.8) is 0 Å². The Morgan fingerprint density at radius 3 is 2.71 bits per heavy atom. The molecule has 14 heavy (non-hydrogen) atoms. The number of carbonyl (C=O) groups excluding carboxylic acids is 1. The SMILES string of the molecule is COc1cc(Cl)c(CC(C)=O)cc1Br. The Bertz CT molecular complexity index is 363. The molecule has 0 spiro atoms. The van der Waals surface area contributed by atoms with Gasteiger partial charge in [0.15, 0.2) is 0 Å². The average molecular weight is 278 g/mol. The van der Waals surface area contributed by atoms with E-state index in [2.05, 4.69) is 15.9 Å². The van der Waals surface area contributed by atoms with Crippen LogP contribution in [0.15, 0.2) is 16.6 Å². The molecule has 1 aromatic carbocycles. The van der Waals surface area contributed by atoms with Crippen molar-refractivity contribution >= 4 is 33.3 Å². The van der Waals surface area contributed by atoms with E-state index >= 15 is 0 Å². The number of rotatable bonds is 3. The molecule has 0 aliphatic carbocycles. The monoisotopic (exact) mass is 276 g/mol. The van der Waals surface area contributed by atoms with Crippen LogP contribution in [0, 0.1) is 0 Å². The fourth-order valence-electron chi connectivity index (χ4n) is 1.13. The highest BCUT2D eigenvalue weighted by molar-refractivity contribution is 9.10. The van der Waals surface area contributed by atoms with Crippen LogP contribution in [0.1, 0.15) is 12.5 Å². The van der Waals surface area contributed by atoms with Gasteiger partial charge in [-0.05, 0) is 34.5 Å². The largest absolute Gasteiger partial charge is 0.496 e. The molecule has 0 aliphatic rings. The van der Waals surface area contributed by atoms with E-state index in [0.717, 1.165) is 10.0 Å². The fraction of sp³-hybridized carbons (Fsp3) is 0.300. The van der Waals surface area contributed by atoms with Crippen molar-refractivity contribution in [2.75, 3.05) is 7.11 Å². The lowest BCUT2D eigenvalue weighted by atomic mass is 10.1. The van der Waals surface area contributed by atoms with Crippen LogP contribution in [0.2, 0.25) is 5.02 Å². The Morgan fingerprint density at radius 2 is 2.21 bits per heavy atom. The smallest absolute Gasteiger partial charge is 0.134 e. The Morgan fingerprint density at radius 1 is 1.57 bits per heavy atom. The molecule has 0 saturated carbocycles. The minimum Gasteiger partial charge on any atom is -0.496 e. The van der Waals surface area contributed by atoms with Crippen LogP contribution >= 0.6 is 27.5 Å². The summed E-state index contributed by atoms with van der Waals surface area (Å²) in [5.41, 5.74) is 0.812. The first-order valence-electron chi connectivity index (χ1n) is 4.06. The van der Waals surface area contributed by atoms with Crippen molar-refractivity contribution in [1.29, 1.82) is 0 Å². The summed E-state index contributed by atoms with van der Waals surface area (Å²) < 4.78 is 5.88.